The van der Waals surface area contributed by atoms with E-state index in [1.165, 1.54) is 11.9 Å². The number of allylic oxidation sites excluding steroid dienone is 4. The number of pyridine rings is 1. The van der Waals surface area contributed by atoms with Crippen LogP contribution in [0.4, 0.5) is 0 Å². The fourth-order valence-corrected chi connectivity index (χ4v) is 3.76. The molecule has 0 radical (unpaired) electrons. The molecule has 23 heavy (non-hydrogen) atoms. The van der Waals surface area contributed by atoms with Crippen molar-refractivity contribution in [2.75, 3.05) is 6.54 Å². The Balaban J connectivity index is 1.81. The number of carboxylic acid groups (broad SMARTS) is 1. The van der Waals surface area contributed by atoms with Gasteiger partial charge in [-0.15, -0.1) is 0 Å². The molecular formula is C19H18N2O2. The van der Waals surface area contributed by atoms with Gasteiger partial charge in [0.05, 0.1) is 11.1 Å². The van der Waals surface area contributed by atoms with E-state index in [2.05, 4.69) is 28.5 Å². The number of nitrogens with zero attached hydrogens (tertiary/aromatic N) is 1. The van der Waals surface area contributed by atoms with Crippen LogP contribution in [0.1, 0.15) is 34.7 Å². The van der Waals surface area contributed by atoms with Gasteiger partial charge in [0.1, 0.15) is 0 Å². The molecule has 2 atom stereocenters. The third-order valence-corrected chi connectivity index (χ3v) is 4.85. The average Bonchev–Trinajstić information content (AvgIpc) is 2.60. The molecule has 1 aromatic carbocycles. The van der Waals surface area contributed by atoms with Crippen molar-refractivity contribution in [2.45, 2.75) is 18.8 Å². The third kappa shape index (κ3) is 2.40. The van der Waals surface area contributed by atoms with E-state index in [0.717, 1.165) is 35.9 Å². The van der Waals surface area contributed by atoms with Crippen LogP contribution in [-0.2, 0) is 0 Å². The zero-order valence-electron chi connectivity index (χ0n) is 12.7. The Morgan fingerprint density at radius 3 is 3.00 bits per heavy atom. The SMILES string of the molecule is O=C(O)c1cnc2ccccc2c1C1CNC2=CC=CCC2C1. The molecular weight excluding hydrogens is 288 g/mol. The molecule has 4 nitrogen and oxygen atoms in total. The summed E-state index contributed by atoms with van der Waals surface area (Å²) in [4.78, 5) is 16.0. The highest BCUT2D eigenvalue weighted by atomic mass is 16.4. The maximum atomic E-state index is 11.7. The zero-order valence-corrected chi connectivity index (χ0v) is 12.7. The Bertz CT molecular complexity index is 838. The summed E-state index contributed by atoms with van der Waals surface area (Å²) in [6.45, 7) is 0.768. The molecule has 116 valence electrons. The number of para-hydroxylation sites is 1. The van der Waals surface area contributed by atoms with Gasteiger partial charge < -0.3 is 10.4 Å². The second kappa shape index (κ2) is 5.54. The molecule has 0 bridgehead atoms. The minimum atomic E-state index is -0.900. The monoisotopic (exact) mass is 306 g/mol. The van der Waals surface area contributed by atoms with Crippen molar-refractivity contribution in [1.29, 1.82) is 0 Å². The van der Waals surface area contributed by atoms with Crippen molar-refractivity contribution < 1.29 is 9.90 Å². The van der Waals surface area contributed by atoms with E-state index in [4.69, 9.17) is 0 Å². The molecule has 4 rings (SSSR count). The molecule has 4 heteroatoms. The van der Waals surface area contributed by atoms with Crippen LogP contribution in [0.2, 0.25) is 0 Å². The first-order valence-electron chi connectivity index (χ1n) is 7.95. The number of fused-ring (bicyclic) bond motifs is 2. The highest BCUT2D eigenvalue weighted by Gasteiger charge is 2.30. The van der Waals surface area contributed by atoms with Crippen molar-refractivity contribution in [1.82, 2.24) is 10.3 Å². The lowest BCUT2D eigenvalue weighted by Crippen LogP contribution is -2.34. The number of rotatable bonds is 2. The zero-order chi connectivity index (χ0) is 15.8. The molecule has 2 N–H and O–H groups in total. The molecule has 2 aromatic rings. The number of aromatic carboxylic acids is 1. The molecule has 2 heterocycles. The highest BCUT2D eigenvalue weighted by molar-refractivity contribution is 5.96. The van der Waals surface area contributed by atoms with Crippen LogP contribution in [-0.4, -0.2) is 22.6 Å². The first-order valence-corrected chi connectivity index (χ1v) is 7.95. The Morgan fingerprint density at radius 2 is 2.13 bits per heavy atom. The van der Waals surface area contributed by atoms with E-state index in [9.17, 15) is 9.90 Å². The number of carboxylic acids is 1. The second-order valence-electron chi connectivity index (χ2n) is 6.20. The number of hydrogen-bond donors (Lipinski definition) is 2. The Morgan fingerprint density at radius 1 is 1.26 bits per heavy atom. The lowest BCUT2D eigenvalue weighted by molar-refractivity contribution is 0.0694. The van der Waals surface area contributed by atoms with Crippen molar-refractivity contribution >= 4 is 16.9 Å². The van der Waals surface area contributed by atoms with E-state index >= 15 is 0 Å². The summed E-state index contributed by atoms with van der Waals surface area (Å²) >= 11 is 0. The lowest BCUT2D eigenvalue weighted by Gasteiger charge is -2.35. The van der Waals surface area contributed by atoms with E-state index in [0.29, 0.717) is 11.5 Å². The fourth-order valence-electron chi connectivity index (χ4n) is 3.76. The largest absolute Gasteiger partial charge is 0.478 e. The molecule has 1 saturated heterocycles. The smallest absolute Gasteiger partial charge is 0.337 e. The molecule has 2 aliphatic rings. The molecule has 0 amide bonds. The quantitative estimate of drug-likeness (QED) is 0.892. The summed E-state index contributed by atoms with van der Waals surface area (Å²) < 4.78 is 0. The number of carbonyl (C=O) groups is 1. The summed E-state index contributed by atoms with van der Waals surface area (Å²) in [6, 6.07) is 7.81. The maximum Gasteiger partial charge on any atom is 0.337 e. The summed E-state index contributed by atoms with van der Waals surface area (Å²) in [5.41, 5.74) is 3.38. The molecule has 0 spiro atoms. The van der Waals surface area contributed by atoms with E-state index in [1.54, 1.807) is 0 Å². The fraction of sp³-hybridized carbons (Fsp3) is 0.263. The van der Waals surface area contributed by atoms with Gasteiger partial charge >= 0.3 is 5.97 Å². The first kappa shape index (κ1) is 14.0. The topological polar surface area (TPSA) is 62.2 Å². The summed E-state index contributed by atoms with van der Waals surface area (Å²) in [5, 5.41) is 14.1. The minimum absolute atomic E-state index is 0.183. The second-order valence-corrected chi connectivity index (χ2v) is 6.20. The van der Waals surface area contributed by atoms with Crippen LogP contribution in [0.5, 0.6) is 0 Å². The van der Waals surface area contributed by atoms with Crippen molar-refractivity contribution in [3.63, 3.8) is 0 Å². The minimum Gasteiger partial charge on any atom is -0.478 e. The first-order chi connectivity index (χ1) is 11.2. The van der Waals surface area contributed by atoms with Gasteiger partial charge in [-0.1, -0.05) is 30.4 Å². The van der Waals surface area contributed by atoms with Gasteiger partial charge in [0.15, 0.2) is 0 Å². The van der Waals surface area contributed by atoms with E-state index in [-0.39, 0.29) is 5.92 Å². The predicted octanol–water partition coefficient (Wildman–Crippen LogP) is 3.47. The van der Waals surface area contributed by atoms with Gasteiger partial charge in [0.2, 0.25) is 0 Å². The molecule has 1 aliphatic heterocycles. The van der Waals surface area contributed by atoms with Crippen molar-refractivity contribution in [2.24, 2.45) is 5.92 Å². The van der Waals surface area contributed by atoms with Gasteiger partial charge in [-0.05, 0) is 30.5 Å². The lowest BCUT2D eigenvalue weighted by atomic mass is 9.78. The van der Waals surface area contributed by atoms with Gasteiger partial charge in [-0.25, -0.2) is 4.79 Å². The van der Waals surface area contributed by atoms with Gasteiger partial charge in [0, 0.05) is 35.7 Å². The number of hydrogen-bond acceptors (Lipinski definition) is 3. The van der Waals surface area contributed by atoms with Gasteiger partial charge in [-0.2, -0.15) is 0 Å². The van der Waals surface area contributed by atoms with Crippen LogP contribution in [0.25, 0.3) is 10.9 Å². The number of benzene rings is 1. The Hall–Kier alpha value is -2.62. The van der Waals surface area contributed by atoms with E-state index in [1.807, 2.05) is 24.3 Å². The van der Waals surface area contributed by atoms with Crippen LogP contribution in [0.15, 0.2) is 54.4 Å². The van der Waals surface area contributed by atoms with Gasteiger partial charge in [0.25, 0.3) is 0 Å². The Kier molecular flexibility index (Phi) is 3.37. The Labute approximate surface area is 134 Å². The van der Waals surface area contributed by atoms with Crippen LogP contribution >= 0.6 is 0 Å². The molecule has 0 saturated carbocycles. The third-order valence-electron chi connectivity index (χ3n) is 4.85. The normalized spacial score (nSPS) is 23.0. The summed E-state index contributed by atoms with van der Waals surface area (Å²) in [5.74, 6) is -0.266. The maximum absolute atomic E-state index is 11.7. The number of nitrogens with one attached hydrogen (secondary N) is 1. The van der Waals surface area contributed by atoms with Crippen LogP contribution in [0.3, 0.4) is 0 Å². The molecule has 1 aromatic heterocycles. The molecule has 2 unspecified atom stereocenters. The predicted molar refractivity (Wildman–Crippen MR) is 89.4 cm³/mol. The summed E-state index contributed by atoms with van der Waals surface area (Å²) in [7, 11) is 0. The van der Waals surface area contributed by atoms with Crippen LogP contribution < -0.4 is 5.32 Å². The van der Waals surface area contributed by atoms with Crippen molar-refractivity contribution in [3.05, 3.63) is 65.5 Å². The standard InChI is InChI=1S/C19H18N2O2/c22-19(23)15-11-21-17-8-4-2-6-14(17)18(15)13-9-12-5-1-3-7-16(12)20-10-13/h1-4,6-8,11-13,20H,5,9-10H2,(H,22,23). The number of aromatic nitrogens is 1. The average molecular weight is 306 g/mol. The molecule has 1 fully saturated rings. The number of piperidine rings is 1. The van der Waals surface area contributed by atoms with Crippen molar-refractivity contribution in [3.8, 4) is 0 Å². The summed E-state index contributed by atoms with van der Waals surface area (Å²) in [6.07, 6.45) is 9.89. The van der Waals surface area contributed by atoms with Crippen LogP contribution in [0, 0.1) is 5.92 Å². The molecule has 1 aliphatic carbocycles. The highest BCUT2D eigenvalue weighted by Crippen LogP contribution is 2.38. The van der Waals surface area contributed by atoms with Gasteiger partial charge in [-0.3, -0.25) is 4.98 Å². The van der Waals surface area contributed by atoms with E-state index < -0.39 is 5.97 Å².